The Hall–Kier alpha value is -4.67. The van der Waals surface area contributed by atoms with Crippen molar-refractivity contribution in [1.29, 1.82) is 0 Å². The highest BCUT2D eigenvalue weighted by Gasteiger charge is 2.63. The molecule has 2 aliphatic carbocycles. The molecule has 55 heavy (non-hydrogen) atoms. The van der Waals surface area contributed by atoms with Crippen LogP contribution in [0.2, 0.25) is 0 Å². The van der Waals surface area contributed by atoms with Crippen LogP contribution in [0.25, 0.3) is 10.9 Å². The van der Waals surface area contributed by atoms with E-state index in [1.807, 2.05) is 26.0 Å². The molecule has 5 unspecified atom stereocenters. The average molecular weight is 787 g/mol. The first kappa shape index (κ1) is 40.0. The number of amides is 5. The van der Waals surface area contributed by atoms with Crippen molar-refractivity contribution < 1.29 is 46.2 Å². The molecule has 2 saturated carbocycles. The van der Waals surface area contributed by atoms with Crippen LogP contribution in [0.5, 0.6) is 17.4 Å². The standard InChI is InChI=1S/C38H51FN6O9S/c1-22(2)53-30-19-29(25-14-15-26(39)32(52-6)31(25)41-30)54-24-18-28-33(46)42-38(35(48)43-55(50,51)37(3)16-17-37)20-23(38)12-10-8-7-9-11-13-27(34(47)45(28)21-24)40-36(49)44(4)5/h10,12,14-15,19,22-24,27-28H,7-9,11,13,16-18,20-21H2,1-6H3,(H,40,49)(H,42,46)(H,43,48). The lowest BCUT2D eigenvalue weighted by Crippen LogP contribution is -2.59. The summed E-state index contributed by atoms with van der Waals surface area (Å²) in [5, 5.41) is 6.08. The first-order chi connectivity index (χ1) is 26.0. The van der Waals surface area contributed by atoms with Crippen LogP contribution < -0.4 is 29.6 Å². The number of urea groups is 1. The van der Waals surface area contributed by atoms with E-state index in [1.54, 1.807) is 27.1 Å². The summed E-state index contributed by atoms with van der Waals surface area (Å²) in [4.78, 5) is 62.8. The van der Waals surface area contributed by atoms with Gasteiger partial charge in [0, 0.05) is 37.9 Å². The first-order valence-corrected chi connectivity index (χ1v) is 20.3. The average Bonchev–Trinajstić information content (AvgIpc) is 3.99. The number of hydrogen-bond acceptors (Lipinski definition) is 10. The van der Waals surface area contributed by atoms with Gasteiger partial charge in [0.1, 0.15) is 35.0 Å². The normalized spacial score (nSPS) is 26.5. The molecular weight excluding hydrogens is 736 g/mol. The fraction of sp³-hybridized carbons (Fsp3) is 0.605. The third kappa shape index (κ3) is 8.31. The third-order valence-electron chi connectivity index (χ3n) is 10.9. The highest BCUT2D eigenvalue weighted by molar-refractivity contribution is 7.91. The molecule has 6 rings (SSSR count). The zero-order valence-corrected chi connectivity index (χ0v) is 33.0. The van der Waals surface area contributed by atoms with Gasteiger partial charge in [0.15, 0.2) is 11.6 Å². The van der Waals surface area contributed by atoms with Gasteiger partial charge in [-0.15, -0.1) is 0 Å². The van der Waals surface area contributed by atoms with Crippen LogP contribution in [0, 0.1) is 11.7 Å². The third-order valence-corrected chi connectivity index (χ3v) is 13.0. The van der Waals surface area contributed by atoms with Crippen molar-refractivity contribution in [2.75, 3.05) is 27.7 Å². The van der Waals surface area contributed by atoms with E-state index < -0.39 is 74.0 Å². The Bertz CT molecular complexity index is 1990. The number of carbonyl (C=O) groups excluding carboxylic acids is 4. The molecule has 2 aromatic rings. The summed E-state index contributed by atoms with van der Waals surface area (Å²) in [6.45, 7) is 5.11. The number of nitrogens with zero attached hydrogens (tertiary/aromatic N) is 3. The van der Waals surface area contributed by atoms with E-state index in [9.17, 15) is 32.0 Å². The molecule has 15 nitrogen and oxygen atoms in total. The number of aromatic nitrogens is 1. The SMILES string of the molecule is COc1c(F)ccc2c(OC3CC4C(=O)NC5(C(=O)NS(=O)(=O)C6(C)CC6)CC5C=CCCCCCC(NC(=O)N(C)C)C(=O)N4C3)cc(OC(C)C)nc12. The molecule has 5 atom stereocenters. The topological polar surface area (TPSA) is 186 Å². The van der Waals surface area contributed by atoms with Crippen LogP contribution in [0.15, 0.2) is 30.4 Å². The Kier molecular flexibility index (Phi) is 11.2. The van der Waals surface area contributed by atoms with Crippen LogP contribution in [0.1, 0.15) is 78.6 Å². The minimum atomic E-state index is -4.01. The Labute approximate surface area is 320 Å². The zero-order chi connectivity index (χ0) is 39.9. The molecule has 2 aliphatic heterocycles. The number of carbonyl (C=O) groups is 4. The van der Waals surface area contributed by atoms with Crippen LogP contribution in [0.3, 0.4) is 0 Å². The Morgan fingerprint density at radius 3 is 2.56 bits per heavy atom. The van der Waals surface area contributed by atoms with Gasteiger partial charge in [-0.3, -0.25) is 19.1 Å². The molecule has 0 spiro atoms. The molecule has 300 valence electrons. The van der Waals surface area contributed by atoms with Gasteiger partial charge in [-0.05, 0) is 71.4 Å². The number of halogens is 1. The van der Waals surface area contributed by atoms with Crippen molar-refractivity contribution in [2.24, 2.45) is 5.92 Å². The van der Waals surface area contributed by atoms with Crippen molar-refractivity contribution in [3.05, 3.63) is 36.2 Å². The molecule has 3 N–H and O–H groups in total. The van der Waals surface area contributed by atoms with E-state index in [4.69, 9.17) is 14.2 Å². The number of allylic oxidation sites excluding steroid dienone is 1. The van der Waals surface area contributed by atoms with E-state index in [1.165, 1.54) is 29.0 Å². The maximum Gasteiger partial charge on any atom is 0.317 e. The molecule has 1 saturated heterocycles. The zero-order valence-electron chi connectivity index (χ0n) is 32.1. The summed E-state index contributed by atoms with van der Waals surface area (Å²) in [5.41, 5.74) is -1.40. The van der Waals surface area contributed by atoms with Gasteiger partial charge < -0.3 is 34.6 Å². The summed E-state index contributed by atoms with van der Waals surface area (Å²) in [6, 6.07) is 1.66. The number of ether oxygens (including phenoxy) is 3. The Balaban J connectivity index is 1.36. The number of hydrogen-bond donors (Lipinski definition) is 3. The van der Waals surface area contributed by atoms with Crippen LogP contribution >= 0.6 is 0 Å². The molecule has 3 fully saturated rings. The van der Waals surface area contributed by atoms with Gasteiger partial charge in [0.25, 0.3) is 5.91 Å². The molecule has 0 radical (unpaired) electrons. The van der Waals surface area contributed by atoms with Crippen LogP contribution in [-0.4, -0.2) is 109 Å². The van der Waals surface area contributed by atoms with Gasteiger partial charge in [-0.25, -0.2) is 22.6 Å². The van der Waals surface area contributed by atoms with Crippen molar-refractivity contribution in [1.82, 2.24) is 30.1 Å². The number of sulfonamides is 1. The molecule has 17 heteroatoms. The van der Waals surface area contributed by atoms with Crippen molar-refractivity contribution in [3.8, 4) is 17.4 Å². The van der Waals surface area contributed by atoms with Gasteiger partial charge >= 0.3 is 6.03 Å². The smallest absolute Gasteiger partial charge is 0.317 e. The summed E-state index contributed by atoms with van der Waals surface area (Å²) in [6.07, 6.45) is 6.84. The molecule has 4 aliphatic rings. The van der Waals surface area contributed by atoms with Gasteiger partial charge in [0.05, 0.1) is 24.5 Å². The highest BCUT2D eigenvalue weighted by Crippen LogP contribution is 2.47. The summed E-state index contributed by atoms with van der Waals surface area (Å²) in [5.74, 6) is -2.82. The molecule has 1 aromatic carbocycles. The predicted molar refractivity (Wildman–Crippen MR) is 200 cm³/mol. The number of pyridine rings is 1. The fourth-order valence-electron chi connectivity index (χ4n) is 7.19. The Morgan fingerprint density at radius 1 is 1.15 bits per heavy atom. The number of nitrogens with one attached hydrogen (secondary N) is 3. The van der Waals surface area contributed by atoms with E-state index in [0.717, 1.165) is 12.8 Å². The van der Waals surface area contributed by atoms with E-state index in [-0.39, 0.29) is 48.4 Å². The number of rotatable bonds is 9. The largest absolute Gasteiger partial charge is 0.491 e. The maximum absolute atomic E-state index is 14.8. The maximum atomic E-state index is 14.8. The molecule has 5 amide bonds. The van der Waals surface area contributed by atoms with Crippen molar-refractivity contribution in [3.63, 3.8) is 0 Å². The second-order valence-electron chi connectivity index (χ2n) is 15.7. The van der Waals surface area contributed by atoms with Crippen LogP contribution in [0.4, 0.5) is 9.18 Å². The minimum absolute atomic E-state index is 0.0248. The monoisotopic (exact) mass is 786 g/mol. The molecule has 1 aromatic heterocycles. The van der Waals surface area contributed by atoms with E-state index >= 15 is 0 Å². The molecule has 3 heterocycles. The predicted octanol–water partition coefficient (Wildman–Crippen LogP) is 3.55. The highest BCUT2D eigenvalue weighted by atomic mass is 32.2. The number of methoxy groups -OCH3 is 1. The van der Waals surface area contributed by atoms with Crippen LogP contribution in [-0.2, 0) is 24.4 Å². The lowest BCUT2D eigenvalue weighted by Gasteiger charge is -2.30. The fourth-order valence-corrected chi connectivity index (χ4v) is 8.50. The van der Waals surface area contributed by atoms with Crippen molar-refractivity contribution in [2.45, 2.75) is 113 Å². The number of benzene rings is 1. The molecule has 0 bridgehead atoms. The number of fused-ring (bicyclic) bond motifs is 3. The lowest BCUT2D eigenvalue weighted by molar-refractivity contribution is -0.141. The van der Waals surface area contributed by atoms with Gasteiger partial charge in [-0.2, -0.15) is 0 Å². The van der Waals surface area contributed by atoms with E-state index in [0.29, 0.717) is 37.5 Å². The minimum Gasteiger partial charge on any atom is -0.491 e. The summed E-state index contributed by atoms with van der Waals surface area (Å²) < 4.78 is 60.0. The Morgan fingerprint density at radius 2 is 1.89 bits per heavy atom. The first-order valence-electron chi connectivity index (χ1n) is 18.8. The second kappa shape index (κ2) is 15.5. The quantitative estimate of drug-likeness (QED) is 0.318. The van der Waals surface area contributed by atoms with E-state index in [2.05, 4.69) is 20.3 Å². The van der Waals surface area contributed by atoms with Gasteiger partial charge in [0.2, 0.25) is 27.7 Å². The van der Waals surface area contributed by atoms with Gasteiger partial charge in [-0.1, -0.05) is 25.0 Å². The summed E-state index contributed by atoms with van der Waals surface area (Å²) >= 11 is 0. The second-order valence-corrected chi connectivity index (χ2v) is 17.9. The lowest BCUT2D eigenvalue weighted by atomic mass is 10.0. The summed E-state index contributed by atoms with van der Waals surface area (Å²) in [7, 11) is 0.432. The van der Waals surface area contributed by atoms with Crippen molar-refractivity contribution >= 4 is 44.7 Å². The molecular formula is C38H51FN6O9S.